The van der Waals surface area contributed by atoms with Gasteiger partial charge < -0.3 is 19.7 Å². The van der Waals surface area contributed by atoms with Crippen molar-refractivity contribution in [2.24, 2.45) is 0 Å². The summed E-state index contributed by atoms with van der Waals surface area (Å²) in [4.78, 5) is 28.6. The van der Waals surface area contributed by atoms with E-state index in [1.807, 2.05) is 49.9 Å². The smallest absolute Gasteiger partial charge is 0.252 e. The monoisotopic (exact) mass is 410 g/mol. The largest absolute Gasteiger partial charge is 0.491 e. The van der Waals surface area contributed by atoms with Crippen molar-refractivity contribution in [1.82, 2.24) is 10.2 Å². The molecule has 1 saturated heterocycles. The summed E-state index contributed by atoms with van der Waals surface area (Å²) in [6.07, 6.45) is 2.16. The first-order chi connectivity index (χ1) is 14.5. The molecule has 1 fully saturated rings. The van der Waals surface area contributed by atoms with E-state index in [0.29, 0.717) is 38.3 Å². The van der Waals surface area contributed by atoms with Crippen molar-refractivity contribution in [3.63, 3.8) is 0 Å². The van der Waals surface area contributed by atoms with Crippen molar-refractivity contribution < 1.29 is 19.1 Å². The zero-order valence-corrected chi connectivity index (χ0v) is 18.0. The van der Waals surface area contributed by atoms with Gasteiger partial charge in [-0.2, -0.15) is 0 Å². The lowest BCUT2D eigenvalue weighted by Crippen LogP contribution is -2.44. The highest BCUT2D eigenvalue weighted by molar-refractivity contribution is 6.05. The molecule has 1 aromatic carbocycles. The van der Waals surface area contributed by atoms with Crippen LogP contribution in [-0.2, 0) is 14.3 Å². The lowest BCUT2D eigenvalue weighted by molar-refractivity contribution is -0.131. The number of allylic oxidation sites excluding steroid dienone is 3. The zero-order chi connectivity index (χ0) is 21.3. The molecule has 1 amide bonds. The third kappa shape index (κ3) is 3.88. The molecule has 6 heteroatoms. The van der Waals surface area contributed by atoms with Gasteiger partial charge in [-0.15, -0.1) is 0 Å². The Morgan fingerprint density at radius 1 is 1.20 bits per heavy atom. The second-order valence-corrected chi connectivity index (χ2v) is 8.37. The van der Waals surface area contributed by atoms with Crippen molar-refractivity contribution in [2.75, 3.05) is 26.3 Å². The summed E-state index contributed by atoms with van der Waals surface area (Å²) in [6, 6.07) is 7.79. The molecule has 0 bridgehead atoms. The van der Waals surface area contributed by atoms with Gasteiger partial charge in [0.25, 0.3) is 5.91 Å². The first-order valence-corrected chi connectivity index (χ1v) is 10.8. The van der Waals surface area contributed by atoms with E-state index < -0.39 is 5.92 Å². The third-order valence-electron chi connectivity index (χ3n) is 5.90. The average Bonchev–Trinajstić information content (AvgIpc) is 2.73. The minimum atomic E-state index is -0.417. The fraction of sp³-hybridized carbons (Fsp3) is 0.500. The van der Waals surface area contributed by atoms with Gasteiger partial charge in [-0.05, 0) is 39.7 Å². The van der Waals surface area contributed by atoms with E-state index in [4.69, 9.17) is 9.47 Å². The molecule has 4 rings (SSSR count). The summed E-state index contributed by atoms with van der Waals surface area (Å²) in [7, 11) is 0. The molecule has 1 aromatic rings. The van der Waals surface area contributed by atoms with Crippen molar-refractivity contribution in [3.05, 3.63) is 52.4 Å². The van der Waals surface area contributed by atoms with E-state index in [1.165, 1.54) is 0 Å². The first-order valence-electron chi connectivity index (χ1n) is 10.8. The quantitative estimate of drug-likeness (QED) is 0.825. The van der Waals surface area contributed by atoms with Gasteiger partial charge in [-0.25, -0.2) is 0 Å². The van der Waals surface area contributed by atoms with Crippen LogP contribution in [0.4, 0.5) is 0 Å². The number of morpholine rings is 1. The Bertz CT molecular complexity index is 910. The number of dihydropyridines is 1. The Balaban J connectivity index is 1.84. The van der Waals surface area contributed by atoms with E-state index in [0.717, 1.165) is 41.1 Å². The normalized spacial score (nSPS) is 22.2. The molecule has 160 valence electrons. The summed E-state index contributed by atoms with van der Waals surface area (Å²) in [6.45, 7) is 8.10. The van der Waals surface area contributed by atoms with E-state index >= 15 is 0 Å². The molecule has 1 aliphatic carbocycles. The van der Waals surface area contributed by atoms with Gasteiger partial charge in [0.1, 0.15) is 5.75 Å². The average molecular weight is 411 g/mol. The van der Waals surface area contributed by atoms with Crippen LogP contribution in [0.2, 0.25) is 0 Å². The number of ether oxygens (including phenoxy) is 2. The number of nitrogens with zero attached hydrogens (tertiary/aromatic N) is 1. The number of carbonyl (C=O) groups excluding carboxylic acids is 2. The minimum Gasteiger partial charge on any atom is -0.491 e. The Morgan fingerprint density at radius 3 is 2.67 bits per heavy atom. The fourth-order valence-electron chi connectivity index (χ4n) is 4.59. The number of para-hydroxylation sites is 1. The first kappa shape index (κ1) is 20.7. The molecule has 2 aliphatic heterocycles. The van der Waals surface area contributed by atoms with Crippen molar-refractivity contribution >= 4 is 11.7 Å². The number of ketones is 1. The summed E-state index contributed by atoms with van der Waals surface area (Å²) in [5.41, 5.74) is 4.02. The van der Waals surface area contributed by atoms with Crippen LogP contribution in [0, 0.1) is 0 Å². The van der Waals surface area contributed by atoms with Gasteiger partial charge >= 0.3 is 0 Å². The van der Waals surface area contributed by atoms with E-state index in [1.54, 1.807) is 0 Å². The standard InChI is InChI=1S/C24H30N2O4/c1-15(2)30-20-10-5-4-7-17(20)22-21(24(28)26-11-13-29-14-12-26)16(3)25-18-8-6-9-19(27)23(18)22/h4-5,7,10,15,22,25H,6,8-9,11-14H2,1-3H3. The molecule has 1 atom stereocenters. The number of Topliss-reactive ketones (excluding diaryl/α,β-unsaturated/α-hetero) is 1. The van der Waals surface area contributed by atoms with E-state index in [-0.39, 0.29) is 17.8 Å². The second kappa shape index (κ2) is 8.64. The molecular formula is C24H30N2O4. The molecule has 30 heavy (non-hydrogen) atoms. The van der Waals surface area contributed by atoms with Gasteiger partial charge in [0.2, 0.25) is 0 Å². The van der Waals surface area contributed by atoms with Gasteiger partial charge in [0.15, 0.2) is 5.78 Å². The van der Waals surface area contributed by atoms with Crippen LogP contribution >= 0.6 is 0 Å². The Labute approximate surface area is 177 Å². The Hall–Kier alpha value is -2.60. The zero-order valence-electron chi connectivity index (χ0n) is 18.0. The molecule has 0 radical (unpaired) electrons. The number of amides is 1. The van der Waals surface area contributed by atoms with Crippen LogP contribution < -0.4 is 10.1 Å². The molecule has 0 aromatic heterocycles. The number of benzene rings is 1. The molecule has 0 saturated carbocycles. The summed E-state index contributed by atoms with van der Waals surface area (Å²) in [5.74, 6) is 0.398. The van der Waals surface area contributed by atoms with Crippen molar-refractivity contribution in [2.45, 2.75) is 52.1 Å². The van der Waals surface area contributed by atoms with E-state index in [9.17, 15) is 9.59 Å². The lowest BCUT2D eigenvalue weighted by Gasteiger charge is -2.37. The molecule has 1 unspecified atom stereocenters. The maximum Gasteiger partial charge on any atom is 0.252 e. The van der Waals surface area contributed by atoms with Crippen molar-refractivity contribution in [1.29, 1.82) is 0 Å². The number of hydrogen-bond acceptors (Lipinski definition) is 5. The predicted molar refractivity (Wildman–Crippen MR) is 114 cm³/mol. The molecule has 1 N–H and O–H groups in total. The molecule has 3 aliphatic rings. The van der Waals surface area contributed by atoms with Crippen molar-refractivity contribution in [3.8, 4) is 5.75 Å². The highest BCUT2D eigenvalue weighted by Gasteiger charge is 2.41. The van der Waals surface area contributed by atoms with Gasteiger partial charge in [0.05, 0.1) is 25.2 Å². The van der Waals surface area contributed by atoms with Crippen LogP contribution in [0.5, 0.6) is 5.75 Å². The van der Waals surface area contributed by atoms with Gasteiger partial charge in [0, 0.05) is 47.6 Å². The lowest BCUT2D eigenvalue weighted by atomic mass is 9.74. The van der Waals surface area contributed by atoms with Crippen LogP contribution in [0.3, 0.4) is 0 Å². The maximum absolute atomic E-state index is 13.7. The van der Waals surface area contributed by atoms with Crippen LogP contribution in [0.1, 0.15) is 51.5 Å². The van der Waals surface area contributed by atoms with Gasteiger partial charge in [-0.1, -0.05) is 18.2 Å². The SMILES string of the molecule is CC1=C(C(=O)N2CCOCC2)C(c2ccccc2OC(C)C)C2=C(CCCC2=O)N1. The topological polar surface area (TPSA) is 67.9 Å². The molecule has 0 spiro atoms. The molecule has 2 heterocycles. The van der Waals surface area contributed by atoms with Crippen LogP contribution in [0.25, 0.3) is 0 Å². The molecule has 6 nitrogen and oxygen atoms in total. The van der Waals surface area contributed by atoms with E-state index in [2.05, 4.69) is 5.32 Å². The highest BCUT2D eigenvalue weighted by atomic mass is 16.5. The Morgan fingerprint density at radius 2 is 1.93 bits per heavy atom. The predicted octanol–water partition coefficient (Wildman–Crippen LogP) is 3.30. The number of rotatable bonds is 4. The number of carbonyl (C=O) groups is 2. The molecular weight excluding hydrogens is 380 g/mol. The third-order valence-corrected chi connectivity index (χ3v) is 5.90. The van der Waals surface area contributed by atoms with Crippen LogP contribution in [0.15, 0.2) is 46.8 Å². The second-order valence-electron chi connectivity index (χ2n) is 8.37. The summed E-state index contributed by atoms with van der Waals surface area (Å²) < 4.78 is 11.5. The summed E-state index contributed by atoms with van der Waals surface area (Å²) >= 11 is 0. The maximum atomic E-state index is 13.7. The number of hydrogen-bond donors (Lipinski definition) is 1. The Kier molecular flexibility index (Phi) is 5.95. The fourth-order valence-corrected chi connectivity index (χ4v) is 4.59. The highest BCUT2D eigenvalue weighted by Crippen LogP contribution is 2.45. The summed E-state index contributed by atoms with van der Waals surface area (Å²) in [5, 5.41) is 3.40. The van der Waals surface area contributed by atoms with Gasteiger partial charge in [-0.3, -0.25) is 9.59 Å². The van der Waals surface area contributed by atoms with Crippen LogP contribution in [-0.4, -0.2) is 49.0 Å². The number of nitrogens with one attached hydrogen (secondary N) is 1. The minimum absolute atomic E-state index is 0.00755.